The predicted molar refractivity (Wildman–Crippen MR) is 150 cm³/mol. The van der Waals surface area contributed by atoms with Crippen molar-refractivity contribution in [1.29, 1.82) is 0 Å². The molecule has 16 heteroatoms. The van der Waals surface area contributed by atoms with Gasteiger partial charge in [-0.1, -0.05) is 0 Å². The molecule has 4 heterocycles. The molecule has 4 aliphatic heterocycles. The third-order valence-electron chi connectivity index (χ3n) is 6.44. The van der Waals surface area contributed by atoms with Gasteiger partial charge in [0.2, 0.25) is 6.29 Å². The van der Waals surface area contributed by atoms with E-state index in [0.717, 1.165) is 0 Å². The molecule has 4 aliphatic rings. The smallest absolute Gasteiger partial charge is 0.362 e. The molecule has 0 aromatic carbocycles. The zero-order chi connectivity index (χ0) is 33.2. The predicted octanol–water partition coefficient (Wildman–Crippen LogP) is 3.20. The SMILES string of the molecule is CC(=O)OC[C@H]1OC(OC(C)=O)[C@@H]2OC(C)(C)O[C@H]12.CC(=O)OC[C@H]1O[C@@H](P(=O)(OC(C)C)OC(C)C)[C@@H]2OC(C)(C)O[C@@H]21. The quantitative estimate of drug-likeness (QED) is 0.191. The van der Waals surface area contributed by atoms with E-state index < -0.39 is 85.8 Å². The Morgan fingerprint density at radius 3 is 1.50 bits per heavy atom. The molecule has 0 aromatic rings. The Morgan fingerprint density at radius 2 is 1.07 bits per heavy atom. The highest BCUT2D eigenvalue weighted by Gasteiger charge is 2.62. The molecule has 4 saturated heterocycles. The van der Waals surface area contributed by atoms with E-state index in [2.05, 4.69) is 0 Å². The molecule has 254 valence electrons. The van der Waals surface area contributed by atoms with Crippen molar-refractivity contribution in [2.24, 2.45) is 0 Å². The second kappa shape index (κ2) is 14.4. The van der Waals surface area contributed by atoms with Crippen LogP contribution in [0.4, 0.5) is 0 Å². The normalized spacial score (nSPS) is 33.4. The molecule has 0 bridgehead atoms. The summed E-state index contributed by atoms with van der Waals surface area (Å²) in [6.07, 6.45) is -4.73. The molecule has 8 atom stereocenters. The van der Waals surface area contributed by atoms with Crippen LogP contribution < -0.4 is 0 Å². The van der Waals surface area contributed by atoms with E-state index in [9.17, 15) is 18.9 Å². The van der Waals surface area contributed by atoms with Crippen molar-refractivity contribution in [3.05, 3.63) is 0 Å². The molecule has 0 aromatic heterocycles. The van der Waals surface area contributed by atoms with Gasteiger partial charge in [-0.2, -0.15) is 0 Å². The summed E-state index contributed by atoms with van der Waals surface area (Å²) >= 11 is 0. The zero-order valence-electron chi connectivity index (χ0n) is 27.3. The minimum atomic E-state index is -3.66. The van der Waals surface area contributed by atoms with E-state index >= 15 is 0 Å². The van der Waals surface area contributed by atoms with E-state index in [1.807, 2.05) is 0 Å². The van der Waals surface area contributed by atoms with Crippen LogP contribution in [0.2, 0.25) is 0 Å². The number of esters is 3. The summed E-state index contributed by atoms with van der Waals surface area (Å²) in [6.45, 7) is 18.1. The van der Waals surface area contributed by atoms with E-state index in [4.69, 9.17) is 51.7 Å². The van der Waals surface area contributed by atoms with Crippen LogP contribution in [-0.2, 0) is 70.6 Å². The number of hydrogen-bond acceptors (Lipinski definition) is 15. The fourth-order valence-electron chi connectivity index (χ4n) is 5.21. The zero-order valence-corrected chi connectivity index (χ0v) is 28.2. The van der Waals surface area contributed by atoms with Crippen molar-refractivity contribution in [3.8, 4) is 0 Å². The molecule has 0 saturated carbocycles. The lowest BCUT2D eigenvalue weighted by Crippen LogP contribution is -2.33. The molecule has 4 fully saturated rings. The van der Waals surface area contributed by atoms with Gasteiger partial charge in [-0.25, -0.2) is 0 Å². The lowest BCUT2D eigenvalue weighted by atomic mass is 10.1. The van der Waals surface area contributed by atoms with Crippen molar-refractivity contribution in [2.45, 2.75) is 149 Å². The third kappa shape index (κ3) is 9.66. The molecule has 0 aliphatic carbocycles. The Bertz CT molecular complexity index is 1060. The first-order valence-electron chi connectivity index (χ1n) is 14.6. The van der Waals surface area contributed by atoms with Gasteiger partial charge < -0.3 is 51.7 Å². The largest absolute Gasteiger partial charge is 0.463 e. The summed E-state index contributed by atoms with van der Waals surface area (Å²) in [5.41, 5.74) is 0. The molecular formula is C28H47O15P. The average molecular weight is 655 g/mol. The van der Waals surface area contributed by atoms with Crippen LogP contribution in [0.15, 0.2) is 0 Å². The van der Waals surface area contributed by atoms with Crippen LogP contribution in [0.5, 0.6) is 0 Å². The van der Waals surface area contributed by atoms with E-state index in [1.54, 1.807) is 55.4 Å². The van der Waals surface area contributed by atoms with Gasteiger partial charge in [-0.15, -0.1) is 0 Å². The fourth-order valence-corrected chi connectivity index (χ4v) is 7.58. The lowest BCUT2D eigenvalue weighted by Gasteiger charge is -2.30. The van der Waals surface area contributed by atoms with Crippen molar-refractivity contribution in [1.82, 2.24) is 0 Å². The number of ether oxygens (including phenoxy) is 9. The monoisotopic (exact) mass is 654 g/mol. The van der Waals surface area contributed by atoms with E-state index in [-0.39, 0.29) is 25.4 Å². The molecule has 0 N–H and O–H groups in total. The van der Waals surface area contributed by atoms with Crippen LogP contribution in [0.3, 0.4) is 0 Å². The average Bonchev–Trinajstić information content (AvgIpc) is 3.52. The molecule has 0 spiro atoms. The maximum Gasteiger partial charge on any atom is 0.362 e. The lowest BCUT2D eigenvalue weighted by molar-refractivity contribution is -0.234. The number of rotatable bonds is 10. The standard InChI is InChI=1S/C16H29O8P.C12H18O7/c1-9(2)23-25(18,24-10(3)4)15-14-13(21-16(6,7)22-14)12(20-15)8-19-11(5)17;1-6(13)15-5-8-9-10(19-12(3,4)18-9)11(17-8)16-7(2)14/h9-10,12-15H,8H2,1-7H3;8-11H,5H2,1-4H3/t12-,13-,14-,15+;8-,9-,10-,11?/m11/s1. The van der Waals surface area contributed by atoms with Crippen LogP contribution in [0, 0.1) is 0 Å². The Hall–Kier alpha value is -1.68. The van der Waals surface area contributed by atoms with E-state index in [1.165, 1.54) is 20.8 Å². The number of fused-ring (bicyclic) bond motifs is 2. The Kier molecular flexibility index (Phi) is 12.0. The number of hydrogen-bond donors (Lipinski definition) is 0. The molecule has 44 heavy (non-hydrogen) atoms. The van der Waals surface area contributed by atoms with Gasteiger partial charge in [0, 0.05) is 20.8 Å². The Balaban J connectivity index is 0.000000249. The van der Waals surface area contributed by atoms with Gasteiger partial charge in [0.1, 0.15) is 43.7 Å². The van der Waals surface area contributed by atoms with Crippen LogP contribution in [0.25, 0.3) is 0 Å². The molecule has 0 amide bonds. The van der Waals surface area contributed by atoms with Gasteiger partial charge >= 0.3 is 25.5 Å². The van der Waals surface area contributed by atoms with Crippen molar-refractivity contribution < 1.29 is 70.6 Å². The fraction of sp³-hybridized carbons (Fsp3) is 0.893. The first-order valence-corrected chi connectivity index (χ1v) is 16.3. The van der Waals surface area contributed by atoms with Gasteiger partial charge in [0.05, 0.1) is 12.2 Å². The second-order valence-electron chi connectivity index (χ2n) is 12.3. The van der Waals surface area contributed by atoms with Gasteiger partial charge in [0.15, 0.2) is 23.5 Å². The summed E-state index contributed by atoms with van der Waals surface area (Å²) in [5, 5.41) is 0. The first kappa shape index (κ1) is 36.8. The van der Waals surface area contributed by atoms with Crippen LogP contribution >= 0.6 is 7.60 Å². The summed E-state index contributed by atoms with van der Waals surface area (Å²) in [7, 11) is -3.66. The Morgan fingerprint density at radius 1 is 0.659 bits per heavy atom. The van der Waals surface area contributed by atoms with Crippen molar-refractivity contribution in [2.75, 3.05) is 13.2 Å². The van der Waals surface area contributed by atoms with Crippen LogP contribution in [-0.4, -0.2) is 104 Å². The van der Waals surface area contributed by atoms with Gasteiger partial charge in [-0.3, -0.25) is 18.9 Å². The minimum absolute atomic E-state index is 0.0181. The van der Waals surface area contributed by atoms with Gasteiger partial charge in [-0.05, 0) is 55.4 Å². The third-order valence-corrected chi connectivity index (χ3v) is 8.91. The second-order valence-corrected chi connectivity index (χ2v) is 14.3. The molecule has 0 radical (unpaired) electrons. The summed E-state index contributed by atoms with van der Waals surface area (Å²) in [4.78, 5) is 33.0. The van der Waals surface area contributed by atoms with E-state index in [0.29, 0.717) is 0 Å². The number of carbonyl (C=O) groups excluding carboxylic acids is 3. The van der Waals surface area contributed by atoms with Gasteiger partial charge in [0.25, 0.3) is 0 Å². The topological polar surface area (TPSA) is 170 Å². The molecule has 4 rings (SSSR count). The summed E-state index contributed by atoms with van der Waals surface area (Å²) in [6, 6.07) is 0. The minimum Gasteiger partial charge on any atom is -0.463 e. The molecule has 1 unspecified atom stereocenters. The maximum absolute atomic E-state index is 13.5. The summed E-state index contributed by atoms with van der Waals surface area (Å²) < 4.78 is 74.3. The van der Waals surface area contributed by atoms with Crippen molar-refractivity contribution in [3.63, 3.8) is 0 Å². The highest BCUT2D eigenvalue weighted by Crippen LogP contribution is 2.61. The highest BCUT2D eigenvalue weighted by molar-refractivity contribution is 7.54. The van der Waals surface area contributed by atoms with Crippen molar-refractivity contribution >= 4 is 25.5 Å². The van der Waals surface area contributed by atoms with Crippen LogP contribution in [0.1, 0.15) is 76.2 Å². The summed E-state index contributed by atoms with van der Waals surface area (Å²) in [5.74, 6) is -3.91. The Labute approximate surface area is 258 Å². The molecular weight excluding hydrogens is 607 g/mol. The number of carbonyl (C=O) groups is 3. The first-order chi connectivity index (χ1) is 20.2. The molecule has 15 nitrogen and oxygen atoms in total. The highest BCUT2D eigenvalue weighted by atomic mass is 31.2. The maximum atomic E-state index is 13.5.